The second-order valence-electron chi connectivity index (χ2n) is 12.2. The maximum atomic E-state index is 14.6. The molecular weight excluding hydrogens is 600 g/mol. The van der Waals surface area contributed by atoms with Crippen molar-refractivity contribution in [1.29, 1.82) is 0 Å². The first-order chi connectivity index (χ1) is 21.3. The summed E-state index contributed by atoms with van der Waals surface area (Å²) in [5.74, 6) is 0.146. The number of halogens is 3. The summed E-state index contributed by atoms with van der Waals surface area (Å²) in [6.45, 7) is 10.1. The zero-order valence-electron chi connectivity index (χ0n) is 24.7. The number of fused-ring (bicyclic) bond motifs is 3. The van der Waals surface area contributed by atoms with Gasteiger partial charge in [0.25, 0.3) is 0 Å². The molecule has 3 aliphatic heterocycles. The van der Waals surface area contributed by atoms with Crippen molar-refractivity contribution in [2.45, 2.75) is 44.2 Å². The monoisotopic (exact) mass is 633 g/mol. The molecule has 3 aliphatic rings. The van der Waals surface area contributed by atoms with E-state index in [9.17, 15) is 9.18 Å². The number of carbonyl (C=O) groups is 1. The Hall–Kier alpha value is -3.46. The van der Waals surface area contributed by atoms with E-state index in [-0.39, 0.29) is 22.5 Å². The Balaban J connectivity index is 1.34. The van der Waals surface area contributed by atoms with Crippen LogP contribution in [0.3, 0.4) is 0 Å². The Morgan fingerprint density at radius 1 is 1.09 bits per heavy atom. The molecule has 7 rings (SSSR count). The molecule has 3 saturated heterocycles. The lowest BCUT2D eigenvalue weighted by Crippen LogP contribution is -2.53. The van der Waals surface area contributed by atoms with Crippen LogP contribution in [0.15, 0.2) is 55.1 Å². The highest BCUT2D eigenvalue weighted by Gasteiger charge is 2.45. The van der Waals surface area contributed by atoms with Crippen molar-refractivity contribution in [3.8, 4) is 17.1 Å². The summed E-state index contributed by atoms with van der Waals surface area (Å²) in [7, 11) is 0. The van der Waals surface area contributed by atoms with Crippen LogP contribution in [0, 0.1) is 5.82 Å². The summed E-state index contributed by atoms with van der Waals surface area (Å²) < 4.78 is 21.1. The van der Waals surface area contributed by atoms with E-state index in [0.29, 0.717) is 59.6 Å². The summed E-state index contributed by atoms with van der Waals surface area (Å²) >= 11 is 13.5. The maximum Gasteiger partial charge on any atom is 0.319 e. The normalized spacial score (nSPS) is 20.0. The standard InChI is InChI=1S/C34H34Cl2FN5O2/c1-3-29(43)40-15-16-42(21(2)19-40)32-25-17-26(35)24(23-8-4-7-22-9-10-27(37)31(36)30(22)23)18-28(25)38-33(39-32)44-20-34-11-5-13-41(34)14-6-12-34/h3-4,7-10,17-18,21H,1,5-6,11-16,19-20H2,2H3/t21-/m0/s1. The summed E-state index contributed by atoms with van der Waals surface area (Å²) in [5.41, 5.74) is 2.12. The molecule has 1 aromatic heterocycles. The van der Waals surface area contributed by atoms with Crippen molar-refractivity contribution < 1.29 is 13.9 Å². The van der Waals surface area contributed by atoms with E-state index < -0.39 is 5.82 Å². The number of aromatic nitrogens is 2. The van der Waals surface area contributed by atoms with Crippen molar-refractivity contribution in [3.05, 3.63) is 71.0 Å². The van der Waals surface area contributed by atoms with Gasteiger partial charge >= 0.3 is 6.01 Å². The molecule has 0 saturated carbocycles. The number of anilines is 1. The van der Waals surface area contributed by atoms with Crippen LogP contribution in [0.2, 0.25) is 10.0 Å². The molecule has 10 heteroatoms. The number of rotatable bonds is 6. The quantitative estimate of drug-likeness (QED) is 0.211. The molecule has 3 aromatic carbocycles. The second kappa shape index (κ2) is 11.5. The Labute approximate surface area is 266 Å². The lowest BCUT2D eigenvalue weighted by atomic mass is 9.95. The highest BCUT2D eigenvalue weighted by Crippen LogP contribution is 2.42. The fraction of sp³-hybridized carbons (Fsp3) is 0.382. The van der Waals surface area contributed by atoms with Gasteiger partial charge in [0.15, 0.2) is 0 Å². The zero-order valence-corrected chi connectivity index (χ0v) is 26.2. The fourth-order valence-electron chi connectivity index (χ4n) is 7.40. The molecule has 228 valence electrons. The van der Waals surface area contributed by atoms with Crippen molar-refractivity contribution in [2.75, 3.05) is 44.2 Å². The van der Waals surface area contributed by atoms with Crippen LogP contribution in [0.25, 0.3) is 32.8 Å². The summed E-state index contributed by atoms with van der Waals surface area (Å²) in [4.78, 5) is 28.8. The molecule has 0 radical (unpaired) electrons. The molecule has 44 heavy (non-hydrogen) atoms. The number of nitrogens with zero attached hydrogens (tertiary/aromatic N) is 5. The van der Waals surface area contributed by atoms with Gasteiger partial charge in [0, 0.05) is 47.0 Å². The lowest BCUT2D eigenvalue weighted by Gasteiger charge is -2.40. The largest absolute Gasteiger partial charge is 0.461 e. The Morgan fingerprint density at radius 2 is 1.89 bits per heavy atom. The van der Waals surface area contributed by atoms with E-state index in [0.717, 1.165) is 42.3 Å². The maximum absolute atomic E-state index is 14.6. The third kappa shape index (κ3) is 4.97. The molecule has 4 heterocycles. The Morgan fingerprint density at radius 3 is 2.64 bits per heavy atom. The lowest BCUT2D eigenvalue weighted by molar-refractivity contribution is -0.126. The van der Waals surface area contributed by atoms with E-state index in [1.54, 1.807) is 11.0 Å². The third-order valence-corrected chi connectivity index (χ3v) is 10.3. The summed E-state index contributed by atoms with van der Waals surface area (Å²) in [6.07, 6.45) is 5.93. The van der Waals surface area contributed by atoms with Crippen LogP contribution in [0.1, 0.15) is 32.6 Å². The smallest absolute Gasteiger partial charge is 0.319 e. The van der Waals surface area contributed by atoms with Crippen molar-refractivity contribution in [1.82, 2.24) is 19.8 Å². The molecule has 3 fully saturated rings. The number of amides is 1. The third-order valence-electron chi connectivity index (χ3n) is 9.64. The number of piperazine rings is 1. The predicted molar refractivity (Wildman–Crippen MR) is 174 cm³/mol. The van der Waals surface area contributed by atoms with Gasteiger partial charge in [-0.3, -0.25) is 9.69 Å². The van der Waals surface area contributed by atoms with Crippen molar-refractivity contribution in [3.63, 3.8) is 0 Å². The van der Waals surface area contributed by atoms with E-state index in [1.807, 2.05) is 30.3 Å². The average molecular weight is 635 g/mol. The van der Waals surface area contributed by atoms with Crippen LogP contribution in [-0.4, -0.2) is 76.6 Å². The summed E-state index contributed by atoms with van der Waals surface area (Å²) in [6, 6.07) is 12.9. The van der Waals surface area contributed by atoms with Crippen molar-refractivity contribution >= 4 is 56.6 Å². The molecule has 1 atom stereocenters. The van der Waals surface area contributed by atoms with Crippen LogP contribution in [0.5, 0.6) is 6.01 Å². The van der Waals surface area contributed by atoms with Gasteiger partial charge in [-0.2, -0.15) is 9.97 Å². The van der Waals surface area contributed by atoms with Gasteiger partial charge in [0.05, 0.1) is 16.1 Å². The van der Waals surface area contributed by atoms with E-state index in [4.69, 9.17) is 37.9 Å². The highest BCUT2D eigenvalue weighted by atomic mass is 35.5. The first kappa shape index (κ1) is 29.3. The van der Waals surface area contributed by atoms with Crippen LogP contribution >= 0.6 is 23.2 Å². The number of hydrogen-bond acceptors (Lipinski definition) is 6. The Bertz CT molecular complexity index is 1790. The van der Waals surface area contributed by atoms with Gasteiger partial charge < -0.3 is 14.5 Å². The fourth-order valence-corrected chi connectivity index (χ4v) is 7.94. The molecule has 1 amide bonds. The minimum Gasteiger partial charge on any atom is -0.461 e. The van der Waals surface area contributed by atoms with E-state index in [2.05, 4.69) is 23.3 Å². The zero-order chi connectivity index (χ0) is 30.6. The molecule has 0 N–H and O–H groups in total. The van der Waals surface area contributed by atoms with Gasteiger partial charge in [0.1, 0.15) is 18.2 Å². The topological polar surface area (TPSA) is 61.8 Å². The Kier molecular flexibility index (Phi) is 7.63. The molecule has 0 spiro atoms. The average Bonchev–Trinajstić information content (AvgIpc) is 3.61. The van der Waals surface area contributed by atoms with Gasteiger partial charge in [0.2, 0.25) is 5.91 Å². The molecular formula is C34H34Cl2FN5O2. The summed E-state index contributed by atoms with van der Waals surface area (Å²) in [5, 5.41) is 2.72. The van der Waals surface area contributed by atoms with Gasteiger partial charge in [-0.1, -0.05) is 54.0 Å². The predicted octanol–water partition coefficient (Wildman–Crippen LogP) is 7.13. The number of carbonyl (C=O) groups excluding carboxylic acids is 1. The van der Waals surface area contributed by atoms with Crippen LogP contribution < -0.4 is 9.64 Å². The van der Waals surface area contributed by atoms with Crippen LogP contribution in [0.4, 0.5) is 10.2 Å². The number of benzene rings is 3. The number of ether oxygens (including phenoxy) is 1. The molecule has 0 unspecified atom stereocenters. The highest BCUT2D eigenvalue weighted by molar-refractivity contribution is 6.38. The molecule has 0 bridgehead atoms. The van der Waals surface area contributed by atoms with Gasteiger partial charge in [-0.25, -0.2) is 4.39 Å². The minimum atomic E-state index is -0.487. The van der Waals surface area contributed by atoms with E-state index >= 15 is 0 Å². The van der Waals surface area contributed by atoms with E-state index in [1.165, 1.54) is 25.0 Å². The second-order valence-corrected chi connectivity index (χ2v) is 13.0. The molecule has 4 aromatic rings. The minimum absolute atomic E-state index is 0.0179. The first-order valence-electron chi connectivity index (χ1n) is 15.2. The van der Waals surface area contributed by atoms with Crippen LogP contribution in [-0.2, 0) is 4.79 Å². The SMILES string of the molecule is C=CC(=O)N1CCN(c2nc(OCC34CCCN3CCC4)nc3cc(-c4cccc5ccc(F)c(Cl)c45)c(Cl)cc23)[C@@H](C)C1. The molecule has 7 nitrogen and oxygen atoms in total. The molecule has 0 aliphatic carbocycles. The first-order valence-corrected chi connectivity index (χ1v) is 16.0. The number of hydrogen-bond donors (Lipinski definition) is 0. The van der Waals surface area contributed by atoms with Crippen molar-refractivity contribution in [2.24, 2.45) is 0 Å². The van der Waals surface area contributed by atoms with Gasteiger partial charge in [-0.15, -0.1) is 0 Å². The van der Waals surface area contributed by atoms with Gasteiger partial charge in [-0.05, 0) is 80.9 Å².